The number of ether oxygens (including phenoxy) is 1. The Balaban J connectivity index is 2.20. The van der Waals surface area contributed by atoms with Gasteiger partial charge in [-0.05, 0) is 18.2 Å². The van der Waals surface area contributed by atoms with Crippen molar-refractivity contribution in [3.63, 3.8) is 0 Å². The van der Waals surface area contributed by atoms with Gasteiger partial charge in [-0.2, -0.15) is 0 Å². The molecule has 1 unspecified atom stereocenters. The van der Waals surface area contributed by atoms with Crippen LogP contribution in [0.2, 0.25) is 13.1 Å². The van der Waals surface area contributed by atoms with Crippen LogP contribution >= 0.6 is 11.6 Å². The molecule has 22 heavy (non-hydrogen) atoms. The van der Waals surface area contributed by atoms with Crippen LogP contribution in [0, 0.1) is 0 Å². The van der Waals surface area contributed by atoms with Crippen molar-refractivity contribution < 1.29 is 9.53 Å². The maximum absolute atomic E-state index is 12.4. The Morgan fingerprint density at radius 1 is 1.09 bits per heavy atom. The largest absolute Gasteiger partial charge is 0.496 e. The summed E-state index contributed by atoms with van der Waals surface area (Å²) in [4.78, 5) is 15.5. The Morgan fingerprint density at radius 3 is 2.32 bits per heavy atom. The fourth-order valence-corrected chi connectivity index (χ4v) is 4.50. The molecule has 1 N–H and O–H groups in total. The van der Waals surface area contributed by atoms with Gasteiger partial charge in [0.05, 0.1) is 12.1 Å². The number of hydrogen-bond donors (Lipinski definition) is 1. The van der Waals surface area contributed by atoms with Gasteiger partial charge in [0.15, 0.2) is 8.24 Å². The van der Waals surface area contributed by atoms with Gasteiger partial charge < -0.3 is 9.72 Å². The smallest absolute Gasteiger partial charge is 0.243 e. The number of benzene rings is 2. The molecule has 0 radical (unpaired) electrons. The third kappa shape index (κ3) is 3.70. The maximum Gasteiger partial charge on any atom is 0.243 e. The van der Waals surface area contributed by atoms with Crippen molar-refractivity contribution in [1.82, 2.24) is 4.98 Å². The van der Waals surface area contributed by atoms with Gasteiger partial charge in [0, 0.05) is 11.1 Å². The molecular weight excluding hydrogens is 314 g/mol. The second-order valence-corrected chi connectivity index (χ2v) is 10.7. The highest BCUT2D eigenvalue weighted by Crippen LogP contribution is 2.35. The van der Waals surface area contributed by atoms with E-state index in [4.69, 9.17) is 16.3 Å². The topological polar surface area (TPSA) is 38.3 Å². The van der Waals surface area contributed by atoms with Gasteiger partial charge in [-0.25, -0.2) is 0 Å². The molecule has 1 amide bonds. The third-order valence-electron chi connectivity index (χ3n) is 3.52. The summed E-state index contributed by atoms with van der Waals surface area (Å²) in [6, 6.07) is 16.8. The van der Waals surface area contributed by atoms with E-state index >= 15 is 0 Å². The highest BCUT2D eigenvalue weighted by molar-refractivity contribution is 6.84. The molecule has 2 aromatic rings. The molecule has 0 heterocycles. The Bertz CT molecular complexity index is 646. The van der Waals surface area contributed by atoms with Crippen molar-refractivity contribution >= 4 is 25.7 Å². The predicted molar refractivity (Wildman–Crippen MR) is 93.0 cm³/mol. The molecule has 116 valence electrons. The Kier molecular flexibility index (Phi) is 5.27. The fourth-order valence-electron chi connectivity index (χ4n) is 2.28. The summed E-state index contributed by atoms with van der Waals surface area (Å²) in [7, 11) is -0.631. The average molecular weight is 334 g/mol. The molecule has 0 spiro atoms. The van der Waals surface area contributed by atoms with Crippen molar-refractivity contribution in [2.75, 3.05) is 7.11 Å². The number of carbonyl (C=O) groups is 1. The normalized spacial score (nSPS) is 12.5. The number of hydrogen-bond acceptors (Lipinski definition) is 2. The van der Waals surface area contributed by atoms with E-state index in [1.807, 2.05) is 55.6 Å². The first kappa shape index (κ1) is 16.6. The summed E-state index contributed by atoms with van der Waals surface area (Å²) in [5.41, 5.74) is 1.56. The number of nitrogens with one attached hydrogen (secondary N) is 1. The number of alkyl halides is 1. The molecule has 0 aromatic heterocycles. The fraction of sp³-hybridized carbons (Fsp3) is 0.235. The van der Waals surface area contributed by atoms with Gasteiger partial charge in [-0.3, -0.25) is 4.79 Å². The zero-order valence-electron chi connectivity index (χ0n) is 13.0. The predicted octanol–water partition coefficient (Wildman–Crippen LogP) is 4.15. The minimum Gasteiger partial charge on any atom is -0.496 e. The van der Waals surface area contributed by atoms with Gasteiger partial charge in [-0.15, -0.1) is 11.6 Å². The lowest BCUT2D eigenvalue weighted by Gasteiger charge is -2.30. The summed E-state index contributed by atoms with van der Waals surface area (Å²) >= 11 is 6.68. The second-order valence-electron chi connectivity index (χ2n) is 5.65. The first-order chi connectivity index (χ1) is 10.5. The second kappa shape index (κ2) is 6.98. The lowest BCUT2D eigenvalue weighted by Crippen LogP contribution is -2.51. The van der Waals surface area contributed by atoms with Crippen LogP contribution in [0.3, 0.4) is 0 Å². The van der Waals surface area contributed by atoms with Crippen LogP contribution in [-0.4, -0.2) is 21.3 Å². The molecule has 1 atom stereocenters. The van der Waals surface area contributed by atoms with Crippen molar-refractivity contribution in [3.8, 4) is 5.75 Å². The molecule has 2 rings (SSSR count). The Hall–Kier alpha value is -1.78. The van der Waals surface area contributed by atoms with Crippen LogP contribution in [0.25, 0.3) is 0 Å². The summed E-state index contributed by atoms with van der Waals surface area (Å²) in [6.45, 7) is 4.08. The maximum atomic E-state index is 12.4. The van der Waals surface area contributed by atoms with E-state index < -0.39 is 8.24 Å². The molecule has 0 aliphatic rings. The van der Waals surface area contributed by atoms with E-state index in [1.165, 1.54) is 0 Å². The number of rotatable bonds is 5. The van der Waals surface area contributed by atoms with Crippen molar-refractivity contribution in [2.45, 2.75) is 18.1 Å². The lowest BCUT2D eigenvalue weighted by atomic mass is 10.2. The number of amides is 1. The quantitative estimate of drug-likeness (QED) is 0.659. The van der Waals surface area contributed by atoms with Gasteiger partial charge in [0.25, 0.3) is 0 Å². The number of carbonyl (C=O) groups excluding carboxylic acids is 1. The van der Waals surface area contributed by atoms with Gasteiger partial charge in [0.2, 0.25) is 5.91 Å². The molecule has 0 bridgehead atoms. The molecule has 2 aromatic carbocycles. The van der Waals surface area contributed by atoms with E-state index in [0.29, 0.717) is 5.56 Å². The summed E-state index contributed by atoms with van der Waals surface area (Å²) in [6.07, 6.45) is 0. The van der Waals surface area contributed by atoms with Crippen LogP contribution < -0.4 is 9.72 Å². The molecule has 5 heteroatoms. The zero-order chi connectivity index (χ0) is 16.2. The lowest BCUT2D eigenvalue weighted by molar-refractivity contribution is 0.0977. The van der Waals surface area contributed by atoms with Crippen molar-refractivity contribution in [2.24, 2.45) is 0 Å². The Labute approximate surface area is 137 Å². The minimum atomic E-state index is -2.26. The third-order valence-corrected chi connectivity index (χ3v) is 7.84. The van der Waals surface area contributed by atoms with Gasteiger partial charge >= 0.3 is 0 Å². The minimum absolute atomic E-state index is 0.0854. The Morgan fingerprint density at radius 2 is 1.68 bits per heavy atom. The van der Waals surface area contributed by atoms with Crippen molar-refractivity contribution in [3.05, 3.63) is 65.7 Å². The molecule has 3 nitrogen and oxygen atoms in total. The summed E-state index contributed by atoms with van der Waals surface area (Å²) in [5.74, 6) is 0.662. The first-order valence-electron chi connectivity index (χ1n) is 7.10. The number of halogens is 1. The highest BCUT2D eigenvalue weighted by Gasteiger charge is 2.35. The van der Waals surface area contributed by atoms with Gasteiger partial charge in [0.1, 0.15) is 5.75 Å². The van der Waals surface area contributed by atoms with Crippen LogP contribution in [0.1, 0.15) is 20.9 Å². The monoisotopic (exact) mass is 333 g/mol. The molecule has 0 aliphatic carbocycles. The first-order valence-corrected chi connectivity index (χ1v) is 10.6. The molecular formula is C17H20ClNO2Si. The van der Waals surface area contributed by atoms with E-state index in [2.05, 4.69) is 4.98 Å². The van der Waals surface area contributed by atoms with E-state index in [1.54, 1.807) is 19.2 Å². The van der Waals surface area contributed by atoms with Crippen LogP contribution in [0.4, 0.5) is 0 Å². The van der Waals surface area contributed by atoms with Crippen LogP contribution in [0.5, 0.6) is 5.75 Å². The number of methoxy groups -OCH3 is 1. The standard InChI is InChI=1S/C17H20ClNO2Si/c1-21-15-12-8-7-11-14(15)16(18)22(2,3)19-17(20)13-9-5-4-6-10-13/h4-12,16H,1-3H3,(H,19,20). The van der Waals surface area contributed by atoms with E-state index in [9.17, 15) is 4.79 Å². The number of para-hydroxylation sites is 1. The summed E-state index contributed by atoms with van der Waals surface area (Å²) < 4.78 is 5.38. The van der Waals surface area contributed by atoms with E-state index in [0.717, 1.165) is 11.3 Å². The molecule has 0 saturated carbocycles. The van der Waals surface area contributed by atoms with Crippen LogP contribution in [-0.2, 0) is 0 Å². The summed E-state index contributed by atoms with van der Waals surface area (Å²) in [5, 5.41) is -0.281. The molecule has 0 fully saturated rings. The highest BCUT2D eigenvalue weighted by atomic mass is 35.5. The molecule has 0 saturated heterocycles. The SMILES string of the molecule is COc1ccccc1C(Cl)[Si](C)(C)NC(=O)c1ccccc1. The van der Waals surface area contributed by atoms with Gasteiger partial charge in [-0.1, -0.05) is 49.5 Å². The van der Waals surface area contributed by atoms with E-state index in [-0.39, 0.29) is 10.9 Å². The zero-order valence-corrected chi connectivity index (χ0v) is 14.7. The molecule has 0 aliphatic heterocycles. The van der Waals surface area contributed by atoms with Crippen molar-refractivity contribution in [1.29, 1.82) is 0 Å². The average Bonchev–Trinajstić information content (AvgIpc) is 2.54. The van der Waals surface area contributed by atoms with Crippen LogP contribution in [0.15, 0.2) is 54.6 Å².